The number of pyridine rings is 1. The predicted molar refractivity (Wildman–Crippen MR) is 130 cm³/mol. The number of hydrogen-bond donors (Lipinski definition) is 4. The SMILES string of the molecule is CC(=O)C[C@@H](C=O)NC(=O)[C@@H]1CCCNC(=O)CC[C@H](NC(=O)c2nccc3ccccc23)C(=O)N1. The van der Waals surface area contributed by atoms with E-state index in [1.54, 1.807) is 18.2 Å². The molecule has 0 saturated carbocycles. The zero-order chi connectivity index (χ0) is 26.1. The van der Waals surface area contributed by atoms with Crippen molar-refractivity contribution < 1.29 is 28.8 Å². The van der Waals surface area contributed by atoms with E-state index < -0.39 is 35.8 Å². The molecule has 4 amide bonds. The third kappa shape index (κ3) is 7.17. The van der Waals surface area contributed by atoms with Crippen LogP contribution in [0.4, 0.5) is 0 Å². The third-order valence-electron chi connectivity index (χ3n) is 5.79. The molecule has 36 heavy (non-hydrogen) atoms. The molecule has 1 fully saturated rings. The van der Waals surface area contributed by atoms with Gasteiger partial charge in [0.05, 0.1) is 6.04 Å². The van der Waals surface area contributed by atoms with Crippen LogP contribution in [0, 0.1) is 0 Å². The normalized spacial score (nSPS) is 19.7. The van der Waals surface area contributed by atoms with Gasteiger partial charge >= 0.3 is 0 Å². The van der Waals surface area contributed by atoms with Crippen molar-refractivity contribution in [2.75, 3.05) is 6.54 Å². The van der Waals surface area contributed by atoms with E-state index in [1.807, 2.05) is 12.1 Å². The summed E-state index contributed by atoms with van der Waals surface area (Å²) in [6.07, 6.45) is 2.35. The van der Waals surface area contributed by atoms with E-state index in [4.69, 9.17) is 0 Å². The summed E-state index contributed by atoms with van der Waals surface area (Å²) in [7, 11) is 0. The Balaban J connectivity index is 1.79. The number of Topliss-reactive ketones (excluding diaryl/α,β-unsaturated/α-hetero) is 1. The van der Waals surface area contributed by atoms with Crippen molar-refractivity contribution in [1.29, 1.82) is 0 Å². The predicted octanol–water partition coefficient (Wildman–Crippen LogP) is 0.171. The number of carbonyl (C=O) groups is 6. The molecule has 0 spiro atoms. The molecule has 0 aliphatic carbocycles. The molecule has 1 aromatic carbocycles. The summed E-state index contributed by atoms with van der Waals surface area (Å²) in [5.74, 6) is -2.42. The first kappa shape index (κ1) is 26.5. The Hall–Kier alpha value is -4.15. The van der Waals surface area contributed by atoms with Crippen LogP contribution in [0.25, 0.3) is 10.8 Å². The van der Waals surface area contributed by atoms with Crippen molar-refractivity contribution in [1.82, 2.24) is 26.3 Å². The van der Waals surface area contributed by atoms with E-state index in [-0.39, 0.29) is 43.1 Å². The lowest BCUT2D eigenvalue weighted by Crippen LogP contribution is -2.55. The van der Waals surface area contributed by atoms with Gasteiger partial charge in [-0.05, 0) is 37.6 Å². The third-order valence-corrected chi connectivity index (χ3v) is 5.79. The van der Waals surface area contributed by atoms with Gasteiger partial charge in [0.1, 0.15) is 29.8 Å². The van der Waals surface area contributed by atoms with Gasteiger partial charge in [-0.15, -0.1) is 0 Å². The first-order chi connectivity index (χ1) is 17.3. The molecule has 3 atom stereocenters. The summed E-state index contributed by atoms with van der Waals surface area (Å²) < 4.78 is 0. The van der Waals surface area contributed by atoms with E-state index in [0.717, 1.165) is 5.39 Å². The number of ketones is 1. The van der Waals surface area contributed by atoms with Crippen LogP contribution in [0.2, 0.25) is 0 Å². The highest BCUT2D eigenvalue weighted by Crippen LogP contribution is 2.16. The Bertz CT molecular complexity index is 1160. The number of nitrogens with one attached hydrogen (secondary N) is 4. The molecule has 4 N–H and O–H groups in total. The molecule has 0 bridgehead atoms. The Morgan fingerprint density at radius 2 is 1.94 bits per heavy atom. The minimum absolute atomic E-state index is 0.00378. The topological polar surface area (TPSA) is 163 Å². The van der Waals surface area contributed by atoms with Crippen LogP contribution in [-0.2, 0) is 24.0 Å². The molecule has 1 aliphatic heterocycles. The maximum Gasteiger partial charge on any atom is 0.271 e. The molecule has 2 aromatic rings. The maximum atomic E-state index is 13.1. The van der Waals surface area contributed by atoms with Crippen molar-refractivity contribution in [3.05, 3.63) is 42.2 Å². The van der Waals surface area contributed by atoms with E-state index in [0.29, 0.717) is 24.6 Å². The van der Waals surface area contributed by atoms with Gasteiger partial charge in [0.2, 0.25) is 17.7 Å². The Morgan fingerprint density at radius 1 is 1.17 bits per heavy atom. The molecular weight excluding hydrogens is 466 g/mol. The molecule has 1 saturated heterocycles. The number of benzene rings is 1. The summed E-state index contributed by atoms with van der Waals surface area (Å²) >= 11 is 0. The summed E-state index contributed by atoms with van der Waals surface area (Å²) in [4.78, 5) is 78.0. The maximum absolute atomic E-state index is 13.1. The number of amides is 4. The second-order valence-electron chi connectivity index (χ2n) is 8.66. The van der Waals surface area contributed by atoms with Crippen molar-refractivity contribution in [2.45, 2.75) is 57.2 Å². The number of carbonyl (C=O) groups excluding carboxylic acids is 6. The number of fused-ring (bicyclic) bond motifs is 1. The summed E-state index contributed by atoms with van der Waals surface area (Å²) in [5.41, 5.74) is 0.131. The van der Waals surface area contributed by atoms with Crippen molar-refractivity contribution in [2.24, 2.45) is 0 Å². The molecule has 0 radical (unpaired) electrons. The fourth-order valence-electron chi connectivity index (χ4n) is 3.96. The highest BCUT2D eigenvalue weighted by Gasteiger charge is 2.29. The molecule has 190 valence electrons. The quantitative estimate of drug-likeness (QED) is 0.398. The average Bonchev–Trinajstić information content (AvgIpc) is 2.89. The minimum atomic E-state index is -1.11. The second kappa shape index (κ2) is 12.5. The van der Waals surface area contributed by atoms with Crippen molar-refractivity contribution >= 4 is 46.5 Å². The van der Waals surface area contributed by atoms with E-state index in [2.05, 4.69) is 26.3 Å². The number of rotatable bonds is 7. The summed E-state index contributed by atoms with van der Waals surface area (Å²) in [5, 5.41) is 11.9. The van der Waals surface area contributed by atoms with Crippen molar-refractivity contribution in [3.63, 3.8) is 0 Å². The Morgan fingerprint density at radius 3 is 2.69 bits per heavy atom. The van der Waals surface area contributed by atoms with Gasteiger partial charge in [0.25, 0.3) is 5.91 Å². The molecule has 2 heterocycles. The zero-order valence-corrected chi connectivity index (χ0v) is 19.9. The molecule has 11 heteroatoms. The van der Waals surface area contributed by atoms with Crippen LogP contribution < -0.4 is 21.3 Å². The lowest BCUT2D eigenvalue weighted by molar-refractivity contribution is -0.131. The number of aromatic nitrogens is 1. The molecule has 0 unspecified atom stereocenters. The lowest BCUT2D eigenvalue weighted by Gasteiger charge is -2.23. The van der Waals surface area contributed by atoms with Crippen LogP contribution in [0.15, 0.2) is 36.5 Å². The number of nitrogens with zero attached hydrogens (tertiary/aromatic N) is 1. The van der Waals surface area contributed by atoms with Gasteiger partial charge in [-0.2, -0.15) is 0 Å². The molecule has 11 nitrogen and oxygen atoms in total. The molecule has 3 rings (SSSR count). The summed E-state index contributed by atoms with van der Waals surface area (Å²) in [6.45, 7) is 1.60. The zero-order valence-electron chi connectivity index (χ0n) is 19.9. The first-order valence-corrected chi connectivity index (χ1v) is 11.7. The molecule has 1 aliphatic rings. The summed E-state index contributed by atoms with van der Waals surface area (Å²) in [6, 6.07) is 5.78. The number of aldehydes is 1. The number of hydrogen-bond acceptors (Lipinski definition) is 7. The fourth-order valence-corrected chi connectivity index (χ4v) is 3.96. The standard InChI is InChI=1S/C25H29N5O6/c1-15(32)13-17(14-31)28-23(34)19-7-4-11-26-21(33)9-8-20(24(35)29-19)30-25(36)22-18-6-3-2-5-16(18)10-12-27-22/h2-3,5-6,10,12,14,17,19-20H,4,7-9,11,13H2,1H3,(H,26,33)(H,28,34)(H,29,35)(H,30,36)/t17-,19-,20-/m0/s1. The highest BCUT2D eigenvalue weighted by atomic mass is 16.2. The Labute approximate surface area is 207 Å². The van der Waals surface area contributed by atoms with Crippen LogP contribution >= 0.6 is 0 Å². The van der Waals surface area contributed by atoms with Gasteiger partial charge in [-0.25, -0.2) is 0 Å². The van der Waals surface area contributed by atoms with Gasteiger partial charge in [0.15, 0.2) is 0 Å². The van der Waals surface area contributed by atoms with Gasteiger partial charge in [-0.1, -0.05) is 24.3 Å². The lowest BCUT2D eigenvalue weighted by atomic mass is 10.1. The Kier molecular flexibility index (Phi) is 9.20. The molecule has 1 aromatic heterocycles. The van der Waals surface area contributed by atoms with Crippen molar-refractivity contribution in [3.8, 4) is 0 Å². The van der Waals surface area contributed by atoms with Crippen LogP contribution in [-0.4, -0.2) is 65.4 Å². The fraction of sp³-hybridized carbons (Fsp3) is 0.400. The second-order valence-corrected chi connectivity index (χ2v) is 8.66. The van der Waals surface area contributed by atoms with Gasteiger partial charge < -0.3 is 26.1 Å². The highest BCUT2D eigenvalue weighted by molar-refractivity contribution is 6.06. The van der Waals surface area contributed by atoms with Gasteiger partial charge in [0, 0.05) is 31.0 Å². The molecular formula is C25H29N5O6. The largest absolute Gasteiger partial charge is 0.356 e. The first-order valence-electron chi connectivity index (χ1n) is 11.7. The van der Waals surface area contributed by atoms with E-state index >= 15 is 0 Å². The monoisotopic (exact) mass is 495 g/mol. The average molecular weight is 496 g/mol. The smallest absolute Gasteiger partial charge is 0.271 e. The van der Waals surface area contributed by atoms with Crippen LogP contribution in [0.1, 0.15) is 49.5 Å². The van der Waals surface area contributed by atoms with Crippen LogP contribution in [0.3, 0.4) is 0 Å². The van der Waals surface area contributed by atoms with E-state index in [9.17, 15) is 28.8 Å². The van der Waals surface area contributed by atoms with E-state index in [1.165, 1.54) is 13.1 Å². The minimum Gasteiger partial charge on any atom is -0.356 e. The van der Waals surface area contributed by atoms with Gasteiger partial charge in [-0.3, -0.25) is 29.0 Å². The van der Waals surface area contributed by atoms with Crippen LogP contribution in [0.5, 0.6) is 0 Å².